The van der Waals surface area contributed by atoms with E-state index < -0.39 is 23.0 Å². The highest BCUT2D eigenvalue weighted by molar-refractivity contribution is 5.50. The number of anilines is 2. The first kappa shape index (κ1) is 34.8. The fourth-order valence-corrected chi connectivity index (χ4v) is 5.69. The maximum atomic E-state index is 15.0. The van der Waals surface area contributed by atoms with Gasteiger partial charge in [0.1, 0.15) is 48.6 Å². The van der Waals surface area contributed by atoms with Gasteiger partial charge in [0.2, 0.25) is 5.79 Å². The molecule has 1 aliphatic rings. The molecule has 0 saturated carbocycles. The maximum Gasteiger partial charge on any atom is 0.350 e. The number of ether oxygens (including phenoxy) is 3. The topological polar surface area (TPSA) is 122 Å². The van der Waals surface area contributed by atoms with Crippen molar-refractivity contribution in [3.05, 3.63) is 113 Å². The molecule has 2 unspecified atom stereocenters. The van der Waals surface area contributed by atoms with Crippen molar-refractivity contribution < 1.29 is 23.0 Å². The molecule has 2 atom stereocenters. The smallest absolute Gasteiger partial charge is 0.350 e. The first-order valence-corrected chi connectivity index (χ1v) is 16.5. The van der Waals surface area contributed by atoms with Gasteiger partial charge in [-0.3, -0.25) is 0 Å². The van der Waals surface area contributed by atoms with Crippen molar-refractivity contribution in [3.63, 3.8) is 0 Å². The summed E-state index contributed by atoms with van der Waals surface area (Å²) in [4.78, 5) is 16.7. The van der Waals surface area contributed by atoms with E-state index in [1.54, 1.807) is 17.8 Å². The number of rotatable bonds is 14. The third-order valence-corrected chi connectivity index (χ3v) is 8.42. The molecule has 2 N–H and O–H groups in total. The number of aromatic nitrogens is 6. The SMILES string of the molecule is CC(C)(C)CCn1ncn(-c2ccc(NCCNc3ccc(OCC4(C)OCC(Cn5cncn5)(c5ccc(F)cc5F)O4)cc3)cc2)c1=O. The Hall–Kier alpha value is -5.08. The van der Waals surface area contributed by atoms with Crippen LogP contribution in [0, 0.1) is 17.0 Å². The molecule has 12 nitrogen and oxygen atoms in total. The van der Waals surface area contributed by atoms with E-state index in [0.29, 0.717) is 25.4 Å². The lowest BCUT2D eigenvalue weighted by atomic mass is 9.92. The molecule has 0 spiro atoms. The summed E-state index contributed by atoms with van der Waals surface area (Å²) < 4.78 is 51.7. The van der Waals surface area contributed by atoms with Crippen LogP contribution in [0.15, 0.2) is 90.5 Å². The Labute approximate surface area is 289 Å². The largest absolute Gasteiger partial charge is 0.488 e. The molecule has 3 aromatic carbocycles. The van der Waals surface area contributed by atoms with Crippen molar-refractivity contribution >= 4 is 11.4 Å². The second kappa shape index (κ2) is 14.4. The van der Waals surface area contributed by atoms with Crippen LogP contribution in [0.25, 0.3) is 5.69 Å². The monoisotopic (exact) mass is 688 g/mol. The average Bonchev–Trinajstić information content (AvgIpc) is 3.81. The maximum absolute atomic E-state index is 15.0. The molecule has 14 heteroatoms. The van der Waals surface area contributed by atoms with Crippen LogP contribution in [0.3, 0.4) is 0 Å². The van der Waals surface area contributed by atoms with Gasteiger partial charge < -0.3 is 24.8 Å². The molecule has 1 saturated heterocycles. The molecular weight excluding hydrogens is 646 g/mol. The van der Waals surface area contributed by atoms with E-state index in [1.807, 2.05) is 48.5 Å². The second-order valence-corrected chi connectivity index (χ2v) is 13.8. The Balaban J connectivity index is 0.974. The van der Waals surface area contributed by atoms with Gasteiger partial charge in [0.05, 0.1) is 18.8 Å². The van der Waals surface area contributed by atoms with E-state index in [2.05, 4.69) is 46.6 Å². The van der Waals surface area contributed by atoms with Crippen LogP contribution >= 0.6 is 0 Å². The molecule has 0 radical (unpaired) electrons. The van der Waals surface area contributed by atoms with Gasteiger partial charge in [-0.15, -0.1) is 0 Å². The minimum atomic E-state index is -1.27. The normalized spacial score (nSPS) is 19.1. The van der Waals surface area contributed by atoms with Crippen LogP contribution in [0.2, 0.25) is 0 Å². The molecule has 0 bridgehead atoms. The summed E-state index contributed by atoms with van der Waals surface area (Å²) >= 11 is 0. The van der Waals surface area contributed by atoms with Crippen LogP contribution in [0.5, 0.6) is 5.75 Å². The van der Waals surface area contributed by atoms with E-state index in [9.17, 15) is 13.6 Å². The van der Waals surface area contributed by atoms with Gasteiger partial charge in [-0.05, 0) is 73.4 Å². The third kappa shape index (κ3) is 8.37. The lowest BCUT2D eigenvalue weighted by Gasteiger charge is -2.31. The van der Waals surface area contributed by atoms with E-state index in [-0.39, 0.29) is 36.4 Å². The zero-order valence-electron chi connectivity index (χ0n) is 28.6. The van der Waals surface area contributed by atoms with Gasteiger partial charge in [0.25, 0.3) is 0 Å². The number of nitrogens with one attached hydrogen (secondary N) is 2. The zero-order chi connectivity index (χ0) is 35.4. The van der Waals surface area contributed by atoms with Gasteiger partial charge in [-0.1, -0.05) is 26.8 Å². The Bertz CT molecular complexity index is 1920. The number of hydrogen-bond donors (Lipinski definition) is 2. The summed E-state index contributed by atoms with van der Waals surface area (Å²) in [5, 5.41) is 15.2. The molecule has 1 aliphatic heterocycles. The molecule has 3 heterocycles. The predicted octanol–water partition coefficient (Wildman–Crippen LogP) is 5.60. The Kier molecular flexibility index (Phi) is 10.0. The molecule has 6 rings (SSSR count). The summed E-state index contributed by atoms with van der Waals surface area (Å²) in [6, 6.07) is 18.5. The summed E-state index contributed by atoms with van der Waals surface area (Å²) in [6.45, 7) is 10.2. The van der Waals surface area contributed by atoms with Crippen LogP contribution in [-0.4, -0.2) is 61.2 Å². The zero-order valence-corrected chi connectivity index (χ0v) is 28.6. The fourth-order valence-electron chi connectivity index (χ4n) is 5.69. The predicted molar refractivity (Wildman–Crippen MR) is 184 cm³/mol. The minimum absolute atomic E-state index is 0.000155. The first-order valence-electron chi connectivity index (χ1n) is 16.5. The Morgan fingerprint density at radius 1 is 0.940 bits per heavy atom. The minimum Gasteiger partial charge on any atom is -0.488 e. The van der Waals surface area contributed by atoms with Crippen molar-refractivity contribution in [2.75, 3.05) is 36.9 Å². The van der Waals surface area contributed by atoms with Gasteiger partial charge >= 0.3 is 5.69 Å². The summed E-state index contributed by atoms with van der Waals surface area (Å²) in [6.07, 6.45) is 5.30. The average molecular weight is 689 g/mol. The molecule has 50 heavy (non-hydrogen) atoms. The molecule has 2 aromatic heterocycles. The second-order valence-electron chi connectivity index (χ2n) is 13.8. The van der Waals surface area contributed by atoms with Gasteiger partial charge in [0.15, 0.2) is 0 Å². The van der Waals surface area contributed by atoms with E-state index in [1.165, 1.54) is 34.2 Å². The molecule has 0 aliphatic carbocycles. The summed E-state index contributed by atoms with van der Waals surface area (Å²) in [7, 11) is 0. The van der Waals surface area contributed by atoms with Crippen LogP contribution < -0.4 is 21.1 Å². The fraction of sp³-hybridized carbons (Fsp3) is 0.389. The highest BCUT2D eigenvalue weighted by Gasteiger charge is 2.51. The van der Waals surface area contributed by atoms with Crippen molar-refractivity contribution in [1.82, 2.24) is 29.1 Å². The van der Waals surface area contributed by atoms with Crippen LogP contribution in [0.4, 0.5) is 20.2 Å². The van der Waals surface area contributed by atoms with Crippen molar-refractivity contribution in [3.8, 4) is 11.4 Å². The van der Waals surface area contributed by atoms with Gasteiger partial charge in [0, 0.05) is 42.6 Å². The van der Waals surface area contributed by atoms with Crippen LogP contribution in [0.1, 0.15) is 39.7 Å². The number of halogens is 2. The van der Waals surface area contributed by atoms with Crippen LogP contribution in [-0.2, 0) is 28.2 Å². The lowest BCUT2D eigenvalue weighted by molar-refractivity contribution is -0.197. The Morgan fingerprint density at radius 2 is 1.64 bits per heavy atom. The summed E-state index contributed by atoms with van der Waals surface area (Å²) in [5.74, 6) is -2.03. The quantitative estimate of drug-likeness (QED) is 0.144. The number of benzene rings is 3. The number of aryl methyl sites for hydroxylation is 1. The number of hydrogen-bond acceptors (Lipinski definition) is 9. The van der Waals surface area contributed by atoms with E-state index in [0.717, 1.165) is 29.5 Å². The summed E-state index contributed by atoms with van der Waals surface area (Å²) in [5.41, 5.74) is 1.47. The van der Waals surface area contributed by atoms with Crippen molar-refractivity contribution in [1.29, 1.82) is 0 Å². The molecule has 5 aromatic rings. The first-order chi connectivity index (χ1) is 23.9. The van der Waals surface area contributed by atoms with Gasteiger partial charge in [-0.2, -0.15) is 10.2 Å². The third-order valence-electron chi connectivity index (χ3n) is 8.42. The molecular formula is C36H42F2N8O4. The lowest BCUT2D eigenvalue weighted by Crippen LogP contribution is -2.40. The standard InChI is InChI=1S/C36H42F2N8O4/c1-34(2,3)15-18-46-33(47)45(25-43-46)29-10-6-27(7-11-29)40-16-17-41-28-8-12-30(13-9-28)48-21-35(4)49-22-36(50-35,20-44-24-39-23-42-44)31-14-5-26(37)19-32(31)38/h5-14,19,23-25,40-41H,15-18,20-22H2,1-4H3. The van der Waals surface area contributed by atoms with E-state index >= 15 is 0 Å². The van der Waals surface area contributed by atoms with Gasteiger partial charge in [-0.25, -0.2) is 32.5 Å². The molecule has 1 fully saturated rings. The number of nitrogens with zero attached hydrogens (tertiary/aromatic N) is 6. The highest BCUT2D eigenvalue weighted by Crippen LogP contribution is 2.41. The highest BCUT2D eigenvalue weighted by atomic mass is 19.1. The Morgan fingerprint density at radius 3 is 2.28 bits per heavy atom. The van der Waals surface area contributed by atoms with Crippen molar-refractivity contribution in [2.45, 2.75) is 58.6 Å². The van der Waals surface area contributed by atoms with E-state index in [4.69, 9.17) is 14.2 Å². The van der Waals surface area contributed by atoms with Crippen molar-refractivity contribution in [2.24, 2.45) is 5.41 Å². The molecule has 264 valence electrons. The molecule has 0 amide bonds.